The maximum atomic E-state index is 9.78. The Morgan fingerprint density at radius 1 is 1.53 bits per heavy atom. The number of methoxy groups -OCH3 is 1. The van der Waals surface area contributed by atoms with Gasteiger partial charge in [-0.1, -0.05) is 23.7 Å². The van der Waals surface area contributed by atoms with Crippen molar-refractivity contribution >= 4 is 11.6 Å². The molecular formula is C11H16ClNO2. The van der Waals surface area contributed by atoms with E-state index in [-0.39, 0.29) is 0 Å². The molecule has 1 unspecified atom stereocenters. The van der Waals surface area contributed by atoms with Crippen LogP contribution >= 0.6 is 11.6 Å². The summed E-state index contributed by atoms with van der Waals surface area (Å²) in [5.41, 5.74) is 0.826. The predicted molar refractivity (Wildman–Crippen MR) is 61.2 cm³/mol. The van der Waals surface area contributed by atoms with E-state index in [9.17, 15) is 5.11 Å². The number of halogens is 1. The fraction of sp³-hybridized carbons (Fsp3) is 0.455. The van der Waals surface area contributed by atoms with Crippen molar-refractivity contribution in [1.29, 1.82) is 0 Å². The highest BCUT2D eigenvalue weighted by atomic mass is 35.5. The molecule has 1 aromatic rings. The van der Waals surface area contributed by atoms with E-state index in [0.717, 1.165) is 12.1 Å². The van der Waals surface area contributed by atoms with Gasteiger partial charge in [0.05, 0.1) is 12.7 Å². The second-order valence-electron chi connectivity index (χ2n) is 3.27. The maximum absolute atomic E-state index is 9.78. The summed E-state index contributed by atoms with van der Waals surface area (Å²) in [6.07, 6.45) is -0.527. The van der Waals surface area contributed by atoms with E-state index in [2.05, 4.69) is 5.32 Å². The number of ether oxygens (including phenoxy) is 1. The van der Waals surface area contributed by atoms with E-state index < -0.39 is 6.10 Å². The Morgan fingerprint density at radius 3 is 3.00 bits per heavy atom. The van der Waals surface area contributed by atoms with Gasteiger partial charge in [0, 0.05) is 25.2 Å². The Balaban J connectivity index is 2.36. The van der Waals surface area contributed by atoms with Crippen LogP contribution in [0.2, 0.25) is 5.02 Å². The van der Waals surface area contributed by atoms with Crippen molar-refractivity contribution in [1.82, 2.24) is 5.32 Å². The molecule has 84 valence electrons. The molecule has 0 aliphatic carbocycles. The van der Waals surface area contributed by atoms with Gasteiger partial charge in [0.1, 0.15) is 0 Å². The molecule has 0 radical (unpaired) electrons. The lowest BCUT2D eigenvalue weighted by atomic mass is 10.1. The quantitative estimate of drug-likeness (QED) is 0.729. The van der Waals surface area contributed by atoms with E-state index in [1.165, 1.54) is 0 Å². The average Bonchev–Trinajstić information content (AvgIpc) is 2.24. The van der Waals surface area contributed by atoms with Crippen molar-refractivity contribution in [2.24, 2.45) is 0 Å². The molecule has 0 fully saturated rings. The SMILES string of the molecule is COCCNCC(O)c1cccc(Cl)c1. The Bertz CT molecular complexity index is 294. The van der Waals surface area contributed by atoms with Crippen molar-refractivity contribution < 1.29 is 9.84 Å². The highest BCUT2D eigenvalue weighted by Gasteiger charge is 2.06. The van der Waals surface area contributed by atoms with Crippen LogP contribution in [0.1, 0.15) is 11.7 Å². The van der Waals surface area contributed by atoms with Gasteiger partial charge in [0.25, 0.3) is 0 Å². The molecule has 1 atom stereocenters. The van der Waals surface area contributed by atoms with Crippen LogP contribution in [0.25, 0.3) is 0 Å². The van der Waals surface area contributed by atoms with Crippen molar-refractivity contribution in [2.75, 3.05) is 26.8 Å². The number of benzene rings is 1. The molecule has 0 saturated heterocycles. The lowest BCUT2D eigenvalue weighted by Crippen LogP contribution is -2.24. The number of hydrogen-bond acceptors (Lipinski definition) is 3. The summed E-state index contributed by atoms with van der Waals surface area (Å²) in [4.78, 5) is 0. The van der Waals surface area contributed by atoms with Gasteiger partial charge < -0.3 is 15.2 Å². The molecule has 0 aliphatic heterocycles. The Kier molecular flexibility index (Phi) is 5.65. The topological polar surface area (TPSA) is 41.5 Å². The zero-order valence-electron chi connectivity index (χ0n) is 8.74. The minimum Gasteiger partial charge on any atom is -0.387 e. The normalized spacial score (nSPS) is 12.7. The maximum Gasteiger partial charge on any atom is 0.0914 e. The van der Waals surface area contributed by atoms with Crippen LogP contribution < -0.4 is 5.32 Å². The first-order valence-corrected chi connectivity index (χ1v) is 5.25. The molecule has 0 heterocycles. The third kappa shape index (κ3) is 4.62. The van der Waals surface area contributed by atoms with Gasteiger partial charge in [-0.2, -0.15) is 0 Å². The van der Waals surface area contributed by atoms with Crippen LogP contribution in [0.5, 0.6) is 0 Å². The molecule has 3 nitrogen and oxygen atoms in total. The third-order valence-corrected chi connectivity index (χ3v) is 2.29. The molecule has 0 amide bonds. The van der Waals surface area contributed by atoms with Gasteiger partial charge in [-0.25, -0.2) is 0 Å². The zero-order chi connectivity index (χ0) is 11.1. The second kappa shape index (κ2) is 6.80. The van der Waals surface area contributed by atoms with Gasteiger partial charge in [0.2, 0.25) is 0 Å². The van der Waals surface area contributed by atoms with Crippen LogP contribution in [-0.4, -0.2) is 31.9 Å². The second-order valence-corrected chi connectivity index (χ2v) is 3.70. The van der Waals surface area contributed by atoms with Crippen LogP contribution in [0.4, 0.5) is 0 Å². The first kappa shape index (κ1) is 12.5. The van der Waals surface area contributed by atoms with E-state index >= 15 is 0 Å². The fourth-order valence-corrected chi connectivity index (χ4v) is 1.44. The van der Waals surface area contributed by atoms with Gasteiger partial charge in [-0.05, 0) is 17.7 Å². The smallest absolute Gasteiger partial charge is 0.0914 e. The van der Waals surface area contributed by atoms with Crippen LogP contribution in [0, 0.1) is 0 Å². The van der Waals surface area contributed by atoms with Gasteiger partial charge in [0.15, 0.2) is 0 Å². The number of aliphatic hydroxyl groups excluding tert-OH is 1. The summed E-state index contributed by atoms with van der Waals surface area (Å²) in [6, 6.07) is 7.24. The summed E-state index contributed by atoms with van der Waals surface area (Å²) < 4.78 is 4.88. The minimum atomic E-state index is -0.527. The monoisotopic (exact) mass is 229 g/mol. The molecule has 2 N–H and O–H groups in total. The molecule has 0 bridgehead atoms. The first-order chi connectivity index (χ1) is 7.24. The number of aliphatic hydroxyl groups is 1. The molecular weight excluding hydrogens is 214 g/mol. The van der Waals surface area contributed by atoms with Crippen molar-refractivity contribution in [2.45, 2.75) is 6.10 Å². The minimum absolute atomic E-state index is 0.504. The zero-order valence-corrected chi connectivity index (χ0v) is 9.50. The molecule has 15 heavy (non-hydrogen) atoms. The van der Waals surface area contributed by atoms with Crippen molar-refractivity contribution in [3.63, 3.8) is 0 Å². The molecule has 1 rings (SSSR count). The van der Waals surface area contributed by atoms with Gasteiger partial charge >= 0.3 is 0 Å². The standard InChI is InChI=1S/C11H16ClNO2/c1-15-6-5-13-8-11(14)9-3-2-4-10(12)7-9/h2-4,7,11,13-14H,5-6,8H2,1H3. The predicted octanol–water partition coefficient (Wildman–Crippen LogP) is 1.61. The molecule has 0 aromatic heterocycles. The largest absolute Gasteiger partial charge is 0.387 e. The summed E-state index contributed by atoms with van der Waals surface area (Å²) in [5.74, 6) is 0. The molecule has 0 spiro atoms. The first-order valence-electron chi connectivity index (χ1n) is 4.87. The third-order valence-electron chi connectivity index (χ3n) is 2.05. The van der Waals surface area contributed by atoms with E-state index in [4.69, 9.17) is 16.3 Å². The van der Waals surface area contributed by atoms with Gasteiger partial charge in [-0.15, -0.1) is 0 Å². The van der Waals surface area contributed by atoms with Crippen LogP contribution in [-0.2, 0) is 4.74 Å². The fourth-order valence-electron chi connectivity index (χ4n) is 1.24. The Hall–Kier alpha value is -0.610. The summed E-state index contributed by atoms with van der Waals surface area (Å²) >= 11 is 5.82. The van der Waals surface area contributed by atoms with E-state index in [0.29, 0.717) is 18.2 Å². The van der Waals surface area contributed by atoms with E-state index in [1.807, 2.05) is 12.1 Å². The van der Waals surface area contributed by atoms with E-state index in [1.54, 1.807) is 19.2 Å². The summed E-state index contributed by atoms with van der Waals surface area (Å²) in [7, 11) is 1.65. The number of nitrogens with one attached hydrogen (secondary N) is 1. The molecule has 0 saturated carbocycles. The average molecular weight is 230 g/mol. The summed E-state index contributed by atoms with van der Waals surface area (Å²) in [5, 5.41) is 13.5. The lowest BCUT2D eigenvalue weighted by Gasteiger charge is -2.12. The molecule has 0 aliphatic rings. The molecule has 1 aromatic carbocycles. The number of rotatable bonds is 6. The van der Waals surface area contributed by atoms with Crippen molar-refractivity contribution in [3.8, 4) is 0 Å². The van der Waals surface area contributed by atoms with Crippen LogP contribution in [0.3, 0.4) is 0 Å². The van der Waals surface area contributed by atoms with Crippen molar-refractivity contribution in [3.05, 3.63) is 34.9 Å². The highest BCUT2D eigenvalue weighted by Crippen LogP contribution is 2.16. The Labute approximate surface area is 95.0 Å². The van der Waals surface area contributed by atoms with Crippen LogP contribution in [0.15, 0.2) is 24.3 Å². The summed E-state index contributed by atoms with van der Waals surface area (Å²) in [6.45, 7) is 1.88. The molecule has 4 heteroatoms. The highest BCUT2D eigenvalue weighted by molar-refractivity contribution is 6.30. The lowest BCUT2D eigenvalue weighted by molar-refractivity contribution is 0.161. The number of hydrogen-bond donors (Lipinski definition) is 2. The van der Waals surface area contributed by atoms with Gasteiger partial charge in [-0.3, -0.25) is 0 Å². The Morgan fingerprint density at radius 2 is 2.33 bits per heavy atom.